The number of nitrogens with zero attached hydrogens (tertiary/aromatic N) is 6. The number of aliphatic hydroxyl groups excluding tert-OH is 2. The van der Waals surface area contributed by atoms with Gasteiger partial charge in [0.2, 0.25) is 0 Å². The van der Waals surface area contributed by atoms with Gasteiger partial charge in [-0.15, -0.1) is 0 Å². The Morgan fingerprint density at radius 1 is 1.14 bits per heavy atom. The molecule has 17 nitrogen and oxygen atoms in total. The van der Waals surface area contributed by atoms with Gasteiger partial charge in [0.25, 0.3) is 0 Å². The van der Waals surface area contributed by atoms with Gasteiger partial charge in [0, 0.05) is 19.0 Å². The lowest BCUT2D eigenvalue weighted by molar-refractivity contribution is -0.0566. The maximum absolute atomic E-state index is 12.7. The normalized spacial score (nSPS) is 29.6. The van der Waals surface area contributed by atoms with E-state index in [0.717, 1.165) is 4.57 Å². The summed E-state index contributed by atoms with van der Waals surface area (Å²) < 4.78 is 37.2. The average molecular weight is 540 g/mol. The topological polar surface area (TPSA) is 245 Å². The number of phosphoric acid groups is 1. The highest BCUT2D eigenvalue weighted by atomic mass is 31.2. The zero-order valence-electron chi connectivity index (χ0n) is 19.2. The molecule has 0 aromatic carbocycles. The molecule has 0 aliphatic carbocycles. The molecule has 3 aromatic rings. The smallest absolute Gasteiger partial charge is 0.394 e. The first-order chi connectivity index (χ1) is 17.6. The number of phosphoric ester groups is 1. The van der Waals surface area contributed by atoms with E-state index in [9.17, 15) is 24.5 Å². The number of hydrogen-bond acceptors (Lipinski definition) is 14. The predicted molar refractivity (Wildman–Crippen MR) is 123 cm³/mol. The molecule has 5 rings (SSSR count). The fraction of sp³-hybridized carbons (Fsp3) is 0.526. The first kappa shape index (κ1) is 25.6. The number of nitrogens with two attached hydrogens (primary N) is 2. The molecule has 0 amide bonds. The lowest BCUT2D eigenvalue weighted by Crippen LogP contribution is -2.29. The van der Waals surface area contributed by atoms with E-state index in [1.165, 1.54) is 24.9 Å². The Balaban J connectivity index is 1.21. The highest BCUT2D eigenvalue weighted by Crippen LogP contribution is 2.49. The fourth-order valence-corrected chi connectivity index (χ4v) is 5.24. The number of aliphatic hydroxyl groups is 2. The van der Waals surface area contributed by atoms with Crippen molar-refractivity contribution in [3.05, 3.63) is 35.4 Å². The van der Waals surface area contributed by atoms with Gasteiger partial charge in [-0.25, -0.2) is 24.3 Å². The summed E-state index contributed by atoms with van der Waals surface area (Å²) >= 11 is 0. The van der Waals surface area contributed by atoms with Crippen molar-refractivity contribution < 1.29 is 38.2 Å². The molecule has 37 heavy (non-hydrogen) atoms. The van der Waals surface area contributed by atoms with E-state index in [1.54, 1.807) is 4.57 Å². The standard InChI is InChI=1S/C19H25N8O9P/c20-13-1-2-26(19(30)25-13)14-3-9(29)12(35-14)6-33-37(31,32)36-10-4-15(34-11(10)5-28)27-8-24-16-17(21)22-7-23-18(16)27/h1-2,7-12,14-15,28-29H,3-6H2,(H,31,32)(H2,20,25,30)(H2,21,22,23)/t9-,10-,11+,12+,14+,15+/m1/s1. The second-order valence-electron chi connectivity index (χ2n) is 8.51. The van der Waals surface area contributed by atoms with Gasteiger partial charge >= 0.3 is 13.5 Å². The van der Waals surface area contributed by atoms with Crippen molar-refractivity contribution in [3.63, 3.8) is 0 Å². The number of ether oxygens (including phenoxy) is 2. The SMILES string of the molecule is Nc1ccn([C@@H]2C[C@@H](O)[C@H](COP(=O)(O)O[C@@H]3C[C@@H](n4cnc5c(N)ncnc54)O[C@H]3CO)O2)c(=O)n1. The van der Waals surface area contributed by atoms with Crippen molar-refractivity contribution in [1.82, 2.24) is 29.1 Å². The summed E-state index contributed by atoms with van der Waals surface area (Å²) in [5.74, 6) is 0.216. The number of fused-ring (bicyclic) bond motifs is 1. The molecule has 2 saturated heterocycles. The van der Waals surface area contributed by atoms with Crippen LogP contribution in [0.4, 0.5) is 11.6 Å². The summed E-state index contributed by atoms with van der Waals surface area (Å²) in [6, 6.07) is 1.40. The van der Waals surface area contributed by atoms with Crippen LogP contribution in [0.25, 0.3) is 11.2 Å². The molecular weight excluding hydrogens is 515 g/mol. The fourth-order valence-electron chi connectivity index (χ4n) is 4.28. The van der Waals surface area contributed by atoms with Gasteiger partial charge in [-0.2, -0.15) is 4.98 Å². The second kappa shape index (κ2) is 10.0. The van der Waals surface area contributed by atoms with Gasteiger partial charge in [0.1, 0.15) is 48.4 Å². The largest absolute Gasteiger partial charge is 0.472 e. The Labute approximate surface area is 208 Å². The number of anilines is 2. The molecule has 3 aromatic heterocycles. The molecule has 7 N–H and O–H groups in total. The summed E-state index contributed by atoms with van der Waals surface area (Å²) in [4.78, 5) is 38.1. The molecule has 200 valence electrons. The van der Waals surface area contributed by atoms with E-state index in [4.69, 9.17) is 30.0 Å². The molecule has 2 fully saturated rings. The summed E-state index contributed by atoms with van der Waals surface area (Å²) in [6.45, 7) is -1.01. The zero-order valence-corrected chi connectivity index (χ0v) is 20.1. The zero-order chi connectivity index (χ0) is 26.3. The third-order valence-electron chi connectivity index (χ3n) is 6.09. The average Bonchev–Trinajstić information content (AvgIpc) is 3.54. The predicted octanol–water partition coefficient (Wildman–Crippen LogP) is -1.32. The minimum absolute atomic E-state index is 0.0216. The van der Waals surface area contributed by atoms with E-state index in [1.807, 2.05) is 0 Å². The van der Waals surface area contributed by atoms with Gasteiger partial charge in [0.15, 0.2) is 11.5 Å². The third kappa shape index (κ3) is 5.21. The van der Waals surface area contributed by atoms with Crippen molar-refractivity contribution in [2.75, 3.05) is 24.7 Å². The molecule has 2 aliphatic rings. The Morgan fingerprint density at radius 3 is 2.65 bits per heavy atom. The van der Waals surface area contributed by atoms with Crippen LogP contribution in [0.3, 0.4) is 0 Å². The Hall–Kier alpha value is -3.02. The summed E-state index contributed by atoms with van der Waals surface area (Å²) in [7, 11) is -4.69. The molecule has 7 atom stereocenters. The van der Waals surface area contributed by atoms with Gasteiger partial charge in [-0.1, -0.05) is 0 Å². The third-order valence-corrected chi connectivity index (χ3v) is 7.11. The van der Waals surface area contributed by atoms with Crippen molar-refractivity contribution in [2.24, 2.45) is 0 Å². The molecule has 2 aliphatic heterocycles. The Kier molecular flexibility index (Phi) is 6.95. The van der Waals surface area contributed by atoms with Crippen LogP contribution in [0.1, 0.15) is 25.3 Å². The van der Waals surface area contributed by atoms with Crippen LogP contribution in [0.5, 0.6) is 0 Å². The maximum Gasteiger partial charge on any atom is 0.472 e. The lowest BCUT2D eigenvalue weighted by Gasteiger charge is -2.21. The first-order valence-electron chi connectivity index (χ1n) is 11.2. The van der Waals surface area contributed by atoms with E-state index in [2.05, 4.69) is 19.9 Å². The van der Waals surface area contributed by atoms with E-state index < -0.39 is 63.6 Å². The van der Waals surface area contributed by atoms with E-state index >= 15 is 0 Å². The summed E-state index contributed by atoms with van der Waals surface area (Å²) in [5, 5.41) is 20.1. The van der Waals surface area contributed by atoms with Crippen LogP contribution in [0.15, 0.2) is 29.7 Å². The molecular formula is C19H25N8O9P. The van der Waals surface area contributed by atoms with Crippen molar-refractivity contribution >= 4 is 30.6 Å². The van der Waals surface area contributed by atoms with Gasteiger partial charge < -0.3 is 36.0 Å². The molecule has 1 unspecified atom stereocenters. The number of rotatable bonds is 8. The van der Waals surface area contributed by atoms with Gasteiger partial charge in [-0.3, -0.25) is 18.2 Å². The van der Waals surface area contributed by atoms with Crippen molar-refractivity contribution in [1.29, 1.82) is 0 Å². The molecule has 18 heteroatoms. The lowest BCUT2D eigenvalue weighted by atomic mass is 10.2. The number of nitrogen functional groups attached to an aromatic ring is 2. The quantitative estimate of drug-likeness (QED) is 0.208. The minimum Gasteiger partial charge on any atom is -0.394 e. The number of hydrogen-bond donors (Lipinski definition) is 5. The Bertz CT molecular complexity index is 1390. The maximum atomic E-state index is 12.7. The van der Waals surface area contributed by atoms with Crippen LogP contribution >= 0.6 is 7.82 Å². The number of imidazole rings is 1. The van der Waals surface area contributed by atoms with Crippen LogP contribution in [-0.2, 0) is 23.1 Å². The summed E-state index contributed by atoms with van der Waals surface area (Å²) in [5.41, 5.74) is 11.4. The molecule has 0 spiro atoms. The minimum atomic E-state index is -4.69. The Morgan fingerprint density at radius 2 is 1.89 bits per heavy atom. The second-order valence-corrected chi connectivity index (χ2v) is 9.92. The molecule has 0 bridgehead atoms. The summed E-state index contributed by atoms with van der Waals surface area (Å²) in [6.07, 6.45) is -1.53. The first-order valence-corrected chi connectivity index (χ1v) is 12.7. The van der Waals surface area contributed by atoms with Crippen molar-refractivity contribution in [2.45, 2.75) is 49.7 Å². The van der Waals surface area contributed by atoms with Crippen LogP contribution in [0, 0.1) is 0 Å². The molecule has 0 saturated carbocycles. The number of aromatic nitrogens is 6. The molecule has 5 heterocycles. The van der Waals surface area contributed by atoms with Gasteiger partial charge in [0.05, 0.1) is 25.6 Å². The monoisotopic (exact) mass is 540 g/mol. The van der Waals surface area contributed by atoms with Crippen molar-refractivity contribution in [3.8, 4) is 0 Å². The van der Waals surface area contributed by atoms with E-state index in [-0.39, 0.29) is 24.5 Å². The van der Waals surface area contributed by atoms with E-state index in [0.29, 0.717) is 11.2 Å². The van der Waals surface area contributed by atoms with Crippen LogP contribution in [0.2, 0.25) is 0 Å². The molecule has 0 radical (unpaired) electrons. The highest BCUT2D eigenvalue weighted by molar-refractivity contribution is 7.47. The van der Waals surface area contributed by atoms with Crippen LogP contribution < -0.4 is 17.2 Å². The van der Waals surface area contributed by atoms with Gasteiger partial charge in [-0.05, 0) is 6.07 Å². The van der Waals surface area contributed by atoms with Crippen LogP contribution in [-0.4, -0.2) is 81.8 Å². The highest BCUT2D eigenvalue weighted by Gasteiger charge is 2.43.